The van der Waals surface area contributed by atoms with Crippen LogP contribution in [0.25, 0.3) is 0 Å². The van der Waals surface area contributed by atoms with E-state index in [9.17, 15) is 22.8 Å². The van der Waals surface area contributed by atoms with E-state index >= 15 is 4.39 Å². The zero-order chi connectivity index (χ0) is 23.8. The zero-order valence-corrected chi connectivity index (χ0v) is 18.2. The SMILES string of the molecule is COc1ccc(Cl)cc1C1(F)C(=O)N(COC(=O)CC(C)C)c2cc(C(F)(F)F)ccc21. The van der Waals surface area contributed by atoms with E-state index in [1.165, 1.54) is 25.3 Å². The van der Waals surface area contributed by atoms with Crippen LogP contribution in [0.3, 0.4) is 0 Å². The van der Waals surface area contributed by atoms with Gasteiger partial charge in [-0.3, -0.25) is 14.5 Å². The number of anilines is 1. The third-order valence-electron chi connectivity index (χ3n) is 4.99. The Hall–Kier alpha value is -2.81. The van der Waals surface area contributed by atoms with Gasteiger partial charge in [0.2, 0.25) is 5.67 Å². The average molecular weight is 474 g/mol. The Morgan fingerprint density at radius 1 is 1.16 bits per heavy atom. The smallest absolute Gasteiger partial charge is 0.416 e. The van der Waals surface area contributed by atoms with Crippen LogP contribution in [-0.2, 0) is 26.2 Å². The van der Waals surface area contributed by atoms with Crippen molar-refractivity contribution in [2.75, 3.05) is 18.7 Å². The van der Waals surface area contributed by atoms with E-state index in [2.05, 4.69) is 0 Å². The number of carbonyl (C=O) groups excluding carboxylic acids is 2. The first-order valence-electron chi connectivity index (χ1n) is 9.61. The number of rotatable bonds is 6. The quantitative estimate of drug-likeness (QED) is 0.412. The molecule has 0 spiro atoms. The van der Waals surface area contributed by atoms with Gasteiger partial charge in [-0.25, -0.2) is 4.39 Å². The summed E-state index contributed by atoms with van der Waals surface area (Å²) in [6.45, 7) is 2.80. The van der Waals surface area contributed by atoms with E-state index in [0.29, 0.717) is 17.0 Å². The van der Waals surface area contributed by atoms with Gasteiger partial charge in [-0.2, -0.15) is 13.2 Å². The van der Waals surface area contributed by atoms with Gasteiger partial charge in [0, 0.05) is 22.6 Å². The number of hydrogen-bond acceptors (Lipinski definition) is 4. The number of methoxy groups -OCH3 is 1. The summed E-state index contributed by atoms with van der Waals surface area (Å²) in [4.78, 5) is 25.9. The molecule has 2 aromatic rings. The van der Waals surface area contributed by atoms with E-state index in [1.54, 1.807) is 13.8 Å². The molecule has 0 N–H and O–H groups in total. The molecule has 1 heterocycles. The molecule has 0 radical (unpaired) electrons. The number of amides is 1. The molecule has 1 aliphatic rings. The first-order valence-corrected chi connectivity index (χ1v) is 9.99. The average Bonchev–Trinajstić information content (AvgIpc) is 2.92. The highest BCUT2D eigenvalue weighted by Crippen LogP contribution is 2.51. The van der Waals surface area contributed by atoms with Crippen molar-refractivity contribution in [1.82, 2.24) is 0 Å². The number of nitrogens with zero attached hydrogens (tertiary/aromatic N) is 1. The van der Waals surface area contributed by atoms with Gasteiger partial charge in [0.25, 0.3) is 5.91 Å². The molecule has 32 heavy (non-hydrogen) atoms. The van der Waals surface area contributed by atoms with Gasteiger partial charge >= 0.3 is 12.1 Å². The van der Waals surface area contributed by atoms with Crippen LogP contribution in [0.4, 0.5) is 23.2 Å². The Morgan fingerprint density at radius 3 is 2.44 bits per heavy atom. The maximum atomic E-state index is 16.5. The van der Waals surface area contributed by atoms with Crippen LogP contribution in [0.5, 0.6) is 5.75 Å². The van der Waals surface area contributed by atoms with Crippen LogP contribution in [-0.4, -0.2) is 25.7 Å². The van der Waals surface area contributed by atoms with E-state index in [4.69, 9.17) is 21.1 Å². The molecule has 0 bridgehead atoms. The normalized spacial score (nSPS) is 18.2. The molecule has 172 valence electrons. The summed E-state index contributed by atoms with van der Waals surface area (Å²) in [7, 11) is 1.26. The van der Waals surface area contributed by atoms with Crippen LogP contribution in [0.1, 0.15) is 37.0 Å². The number of alkyl halides is 4. The number of halogens is 5. The van der Waals surface area contributed by atoms with Crippen molar-refractivity contribution in [3.63, 3.8) is 0 Å². The fourth-order valence-electron chi connectivity index (χ4n) is 3.50. The second-order valence-corrected chi connectivity index (χ2v) is 8.15. The zero-order valence-electron chi connectivity index (χ0n) is 17.4. The lowest BCUT2D eigenvalue weighted by Gasteiger charge is -2.23. The minimum absolute atomic E-state index is 0.0187. The van der Waals surface area contributed by atoms with Crippen LogP contribution in [0, 0.1) is 5.92 Å². The molecular formula is C22H20ClF4NO4. The predicted molar refractivity (Wildman–Crippen MR) is 109 cm³/mol. The molecule has 1 amide bonds. The highest BCUT2D eigenvalue weighted by molar-refractivity contribution is 6.30. The van der Waals surface area contributed by atoms with Crippen molar-refractivity contribution in [3.05, 3.63) is 58.1 Å². The van der Waals surface area contributed by atoms with Crippen molar-refractivity contribution in [2.45, 2.75) is 32.1 Å². The predicted octanol–water partition coefficient (Wildman–Crippen LogP) is 5.47. The number of hydrogen-bond donors (Lipinski definition) is 0. The third-order valence-corrected chi connectivity index (χ3v) is 5.22. The van der Waals surface area contributed by atoms with Crippen molar-refractivity contribution in [1.29, 1.82) is 0 Å². The summed E-state index contributed by atoms with van der Waals surface area (Å²) in [5, 5.41) is 0.0981. The monoisotopic (exact) mass is 473 g/mol. The van der Waals surface area contributed by atoms with E-state index < -0.39 is 36.0 Å². The highest BCUT2D eigenvalue weighted by Gasteiger charge is 2.55. The number of esters is 1. The Labute approximate surface area is 186 Å². The van der Waals surface area contributed by atoms with Crippen LogP contribution < -0.4 is 9.64 Å². The van der Waals surface area contributed by atoms with Crippen LogP contribution >= 0.6 is 11.6 Å². The third kappa shape index (κ3) is 4.26. The Bertz CT molecular complexity index is 1060. The molecule has 0 aliphatic carbocycles. The van der Waals surface area contributed by atoms with E-state index in [1.807, 2.05) is 0 Å². The Balaban J connectivity index is 2.13. The van der Waals surface area contributed by atoms with Crippen molar-refractivity contribution >= 4 is 29.2 Å². The number of benzene rings is 2. The van der Waals surface area contributed by atoms with Gasteiger partial charge in [0.1, 0.15) is 5.75 Å². The highest BCUT2D eigenvalue weighted by atomic mass is 35.5. The fourth-order valence-corrected chi connectivity index (χ4v) is 3.67. The van der Waals surface area contributed by atoms with Gasteiger partial charge in [0.15, 0.2) is 6.73 Å². The molecule has 0 fully saturated rings. The van der Waals surface area contributed by atoms with Gasteiger partial charge in [-0.05, 0) is 36.2 Å². The molecular weight excluding hydrogens is 454 g/mol. The van der Waals surface area contributed by atoms with Crippen molar-refractivity contribution in [2.24, 2.45) is 5.92 Å². The standard InChI is InChI=1S/C22H20ClF4NO4/c1-12(2)8-19(29)32-11-28-17-9-13(22(25,26)27)4-6-15(17)21(24,20(28)30)16-10-14(23)5-7-18(16)31-3/h4-7,9-10,12H,8,11H2,1-3H3. The summed E-state index contributed by atoms with van der Waals surface area (Å²) in [5.41, 5.74) is -4.94. The van der Waals surface area contributed by atoms with Crippen molar-refractivity contribution < 1.29 is 36.6 Å². The fraction of sp³-hybridized carbons (Fsp3) is 0.364. The van der Waals surface area contributed by atoms with Crippen molar-refractivity contribution in [3.8, 4) is 5.75 Å². The molecule has 2 aromatic carbocycles. The van der Waals surface area contributed by atoms with Crippen LogP contribution in [0.15, 0.2) is 36.4 Å². The lowest BCUT2D eigenvalue weighted by molar-refractivity contribution is -0.145. The van der Waals surface area contributed by atoms with Gasteiger partial charge < -0.3 is 9.47 Å². The van der Waals surface area contributed by atoms with E-state index in [0.717, 1.165) is 6.07 Å². The Morgan fingerprint density at radius 2 is 1.84 bits per heavy atom. The second kappa shape index (κ2) is 8.61. The summed E-state index contributed by atoms with van der Waals surface area (Å²) in [6, 6.07) is 6.18. The minimum Gasteiger partial charge on any atom is -0.496 e. The number of carbonyl (C=O) groups is 2. The second-order valence-electron chi connectivity index (χ2n) is 7.71. The molecule has 10 heteroatoms. The largest absolute Gasteiger partial charge is 0.496 e. The molecule has 1 atom stereocenters. The molecule has 0 saturated carbocycles. The maximum Gasteiger partial charge on any atom is 0.416 e. The molecule has 1 aliphatic heterocycles. The number of fused-ring (bicyclic) bond motifs is 1. The van der Waals surface area contributed by atoms with Gasteiger partial charge in [-0.1, -0.05) is 31.5 Å². The van der Waals surface area contributed by atoms with Gasteiger partial charge in [0.05, 0.1) is 18.4 Å². The first kappa shape index (κ1) is 23.8. The van der Waals surface area contributed by atoms with Crippen LogP contribution in [0.2, 0.25) is 5.02 Å². The maximum absolute atomic E-state index is 16.5. The lowest BCUT2D eigenvalue weighted by Crippen LogP contribution is -2.40. The molecule has 5 nitrogen and oxygen atoms in total. The minimum atomic E-state index is -4.73. The molecule has 3 rings (SSSR count). The summed E-state index contributed by atoms with van der Waals surface area (Å²) in [5.74, 6) is -1.95. The Kier molecular flexibility index (Phi) is 6.42. The molecule has 1 unspecified atom stereocenters. The summed E-state index contributed by atoms with van der Waals surface area (Å²) >= 11 is 6.00. The summed E-state index contributed by atoms with van der Waals surface area (Å²) < 4.78 is 66.7. The molecule has 0 saturated heterocycles. The molecule has 0 aromatic heterocycles. The topological polar surface area (TPSA) is 55.8 Å². The van der Waals surface area contributed by atoms with Gasteiger partial charge in [-0.15, -0.1) is 0 Å². The summed E-state index contributed by atoms with van der Waals surface area (Å²) in [6.07, 6.45) is -4.70. The first-order chi connectivity index (χ1) is 14.9. The van der Waals surface area contributed by atoms with E-state index in [-0.39, 0.29) is 39.9 Å². The number of ether oxygens (including phenoxy) is 2. The lowest BCUT2D eigenvalue weighted by atomic mass is 9.88.